The summed E-state index contributed by atoms with van der Waals surface area (Å²) in [6.45, 7) is 6.10. The SMILES string of the molecule is Cc1ccc(Sc2c(C)ccc3c2cc(-c2ccccc2)n3S(=O)(=O)c2ccc(C)cc2)cc1. The molecule has 0 radical (unpaired) electrons. The van der Waals surface area contributed by atoms with E-state index in [4.69, 9.17) is 0 Å². The van der Waals surface area contributed by atoms with Crippen LogP contribution in [0.3, 0.4) is 0 Å². The second kappa shape index (κ2) is 8.82. The van der Waals surface area contributed by atoms with Gasteiger partial charge in [0, 0.05) is 15.2 Å². The zero-order valence-corrected chi connectivity index (χ0v) is 21.0. The van der Waals surface area contributed by atoms with Crippen molar-refractivity contribution in [2.24, 2.45) is 0 Å². The highest BCUT2D eigenvalue weighted by atomic mass is 32.2. The summed E-state index contributed by atoms with van der Waals surface area (Å²) in [6, 6.07) is 31.1. The topological polar surface area (TPSA) is 39.1 Å². The zero-order valence-electron chi connectivity index (χ0n) is 19.3. The van der Waals surface area contributed by atoms with Gasteiger partial charge >= 0.3 is 0 Å². The Morgan fingerprint density at radius 3 is 1.97 bits per heavy atom. The maximum Gasteiger partial charge on any atom is 0.268 e. The van der Waals surface area contributed by atoms with Crippen molar-refractivity contribution in [3.63, 3.8) is 0 Å². The lowest BCUT2D eigenvalue weighted by atomic mass is 10.1. The summed E-state index contributed by atoms with van der Waals surface area (Å²) in [5.41, 5.74) is 5.54. The second-order valence-electron chi connectivity index (χ2n) is 8.54. The van der Waals surface area contributed by atoms with Gasteiger partial charge in [-0.2, -0.15) is 0 Å². The van der Waals surface area contributed by atoms with Gasteiger partial charge in [0.05, 0.1) is 16.1 Å². The lowest BCUT2D eigenvalue weighted by Crippen LogP contribution is -2.14. The van der Waals surface area contributed by atoms with E-state index in [0.29, 0.717) is 11.2 Å². The van der Waals surface area contributed by atoms with Crippen LogP contribution in [0.2, 0.25) is 0 Å². The Morgan fingerprint density at radius 2 is 1.32 bits per heavy atom. The number of rotatable bonds is 5. The number of hydrogen-bond acceptors (Lipinski definition) is 3. The molecule has 0 atom stereocenters. The first kappa shape index (κ1) is 22.5. The third-order valence-electron chi connectivity index (χ3n) is 5.96. The Labute approximate surface area is 205 Å². The summed E-state index contributed by atoms with van der Waals surface area (Å²) in [6.07, 6.45) is 0. The number of hydrogen-bond donors (Lipinski definition) is 0. The minimum atomic E-state index is -3.82. The number of nitrogens with zero attached hydrogens (tertiary/aromatic N) is 1. The van der Waals surface area contributed by atoms with Gasteiger partial charge in [0.15, 0.2) is 0 Å². The molecular weight excluding hydrogens is 458 g/mol. The van der Waals surface area contributed by atoms with Crippen molar-refractivity contribution < 1.29 is 8.42 Å². The molecule has 1 heterocycles. The minimum absolute atomic E-state index is 0.279. The Balaban J connectivity index is 1.78. The normalized spacial score (nSPS) is 11.7. The maximum atomic E-state index is 14.0. The van der Waals surface area contributed by atoms with E-state index >= 15 is 0 Å². The highest BCUT2D eigenvalue weighted by Gasteiger charge is 2.25. The van der Waals surface area contributed by atoms with Crippen molar-refractivity contribution >= 4 is 32.7 Å². The summed E-state index contributed by atoms with van der Waals surface area (Å²) < 4.78 is 29.4. The summed E-state index contributed by atoms with van der Waals surface area (Å²) in [5.74, 6) is 0. The summed E-state index contributed by atoms with van der Waals surface area (Å²) in [7, 11) is -3.82. The van der Waals surface area contributed by atoms with Crippen LogP contribution in [0.1, 0.15) is 16.7 Å². The van der Waals surface area contributed by atoms with Gasteiger partial charge in [-0.3, -0.25) is 0 Å². The van der Waals surface area contributed by atoms with E-state index in [1.807, 2.05) is 67.6 Å². The molecule has 0 amide bonds. The fourth-order valence-corrected chi connectivity index (χ4v) is 6.62. The molecule has 0 aliphatic rings. The first-order chi connectivity index (χ1) is 16.3. The Bertz CT molecular complexity index is 1580. The Morgan fingerprint density at radius 1 is 0.706 bits per heavy atom. The van der Waals surface area contributed by atoms with Crippen molar-refractivity contribution in [1.29, 1.82) is 0 Å². The first-order valence-corrected chi connectivity index (χ1v) is 13.4. The van der Waals surface area contributed by atoms with Crippen molar-refractivity contribution in [3.8, 4) is 11.3 Å². The molecule has 0 aliphatic heterocycles. The highest BCUT2D eigenvalue weighted by Crippen LogP contribution is 2.41. The van der Waals surface area contributed by atoms with Crippen LogP contribution in [-0.4, -0.2) is 12.4 Å². The van der Waals surface area contributed by atoms with Gasteiger partial charge in [0.2, 0.25) is 0 Å². The van der Waals surface area contributed by atoms with E-state index in [1.165, 1.54) is 9.54 Å². The van der Waals surface area contributed by atoms with Gasteiger partial charge < -0.3 is 0 Å². The van der Waals surface area contributed by atoms with E-state index in [0.717, 1.165) is 31.9 Å². The standard InChI is InChI=1S/C29H25NO2S2/c1-20-9-14-24(15-10-20)33-29-22(3)13-18-27-26(29)19-28(23-7-5-4-6-8-23)30(27)34(31,32)25-16-11-21(2)12-17-25/h4-19H,1-3H3. The molecule has 0 saturated carbocycles. The second-order valence-corrected chi connectivity index (χ2v) is 11.4. The van der Waals surface area contributed by atoms with Crippen LogP contribution in [0.15, 0.2) is 112 Å². The van der Waals surface area contributed by atoms with Crippen LogP contribution in [0, 0.1) is 20.8 Å². The Kier molecular flexibility index (Phi) is 5.84. The molecule has 0 unspecified atom stereocenters. The molecule has 170 valence electrons. The molecule has 0 bridgehead atoms. The third kappa shape index (κ3) is 4.06. The van der Waals surface area contributed by atoms with Gasteiger partial charge in [-0.05, 0) is 68.3 Å². The van der Waals surface area contributed by atoms with Crippen LogP contribution in [-0.2, 0) is 10.0 Å². The van der Waals surface area contributed by atoms with Crippen LogP contribution in [0.5, 0.6) is 0 Å². The number of fused-ring (bicyclic) bond motifs is 1. The monoisotopic (exact) mass is 483 g/mol. The summed E-state index contributed by atoms with van der Waals surface area (Å²) >= 11 is 1.67. The lowest BCUT2D eigenvalue weighted by Gasteiger charge is -2.13. The van der Waals surface area contributed by atoms with E-state index < -0.39 is 10.0 Å². The van der Waals surface area contributed by atoms with E-state index in [2.05, 4.69) is 38.1 Å². The molecule has 0 N–H and O–H groups in total. The van der Waals surface area contributed by atoms with Crippen molar-refractivity contribution in [2.75, 3.05) is 0 Å². The van der Waals surface area contributed by atoms with Crippen molar-refractivity contribution in [2.45, 2.75) is 35.5 Å². The first-order valence-electron chi connectivity index (χ1n) is 11.1. The largest absolute Gasteiger partial charge is 0.268 e. The molecule has 5 heteroatoms. The quantitative estimate of drug-likeness (QED) is 0.258. The number of aromatic nitrogens is 1. The van der Waals surface area contributed by atoms with Gasteiger partial charge in [-0.15, -0.1) is 0 Å². The van der Waals surface area contributed by atoms with Crippen LogP contribution in [0.25, 0.3) is 22.2 Å². The third-order valence-corrected chi connectivity index (χ3v) is 8.95. The highest BCUT2D eigenvalue weighted by molar-refractivity contribution is 7.99. The smallest absolute Gasteiger partial charge is 0.233 e. The molecule has 5 aromatic rings. The average Bonchev–Trinajstić information content (AvgIpc) is 3.24. The molecule has 34 heavy (non-hydrogen) atoms. The maximum absolute atomic E-state index is 14.0. The van der Waals surface area contributed by atoms with E-state index in [1.54, 1.807) is 23.9 Å². The molecule has 0 fully saturated rings. The van der Waals surface area contributed by atoms with Crippen LogP contribution >= 0.6 is 11.8 Å². The molecular formula is C29H25NO2S2. The molecule has 0 saturated heterocycles. The zero-order chi connectivity index (χ0) is 23.9. The van der Waals surface area contributed by atoms with E-state index in [9.17, 15) is 8.42 Å². The van der Waals surface area contributed by atoms with Crippen LogP contribution in [0.4, 0.5) is 0 Å². The van der Waals surface area contributed by atoms with Crippen LogP contribution < -0.4 is 0 Å². The summed E-state index contributed by atoms with van der Waals surface area (Å²) in [4.78, 5) is 2.47. The Hall–Kier alpha value is -3.28. The lowest BCUT2D eigenvalue weighted by molar-refractivity contribution is 0.589. The van der Waals surface area contributed by atoms with Gasteiger partial charge in [0.25, 0.3) is 10.0 Å². The van der Waals surface area contributed by atoms with Gasteiger partial charge in [-0.25, -0.2) is 12.4 Å². The number of benzene rings is 4. The minimum Gasteiger partial charge on any atom is -0.233 e. The fraction of sp³-hybridized carbons (Fsp3) is 0.103. The van der Waals surface area contributed by atoms with Crippen molar-refractivity contribution in [3.05, 3.63) is 114 Å². The fourth-order valence-electron chi connectivity index (χ4n) is 4.08. The average molecular weight is 484 g/mol. The predicted octanol–water partition coefficient (Wildman–Crippen LogP) is 7.62. The molecule has 0 aliphatic carbocycles. The molecule has 1 aromatic heterocycles. The van der Waals surface area contributed by atoms with Gasteiger partial charge in [0.1, 0.15) is 0 Å². The van der Waals surface area contributed by atoms with E-state index in [-0.39, 0.29) is 4.90 Å². The molecule has 0 spiro atoms. The molecule has 5 rings (SSSR count). The molecule has 3 nitrogen and oxygen atoms in total. The van der Waals surface area contributed by atoms with Gasteiger partial charge in [-0.1, -0.05) is 83.6 Å². The molecule has 4 aromatic carbocycles. The van der Waals surface area contributed by atoms with Crippen molar-refractivity contribution in [1.82, 2.24) is 3.97 Å². The summed E-state index contributed by atoms with van der Waals surface area (Å²) in [5, 5.41) is 0.931. The predicted molar refractivity (Wildman–Crippen MR) is 141 cm³/mol. The number of aryl methyl sites for hydroxylation is 3.